The molecule has 0 fully saturated rings. The van der Waals surface area contributed by atoms with E-state index < -0.39 is 15.1 Å². The molecule has 0 spiro atoms. The van der Waals surface area contributed by atoms with Gasteiger partial charge in [0.1, 0.15) is 11.6 Å². The van der Waals surface area contributed by atoms with Crippen molar-refractivity contribution in [3.63, 3.8) is 0 Å². The summed E-state index contributed by atoms with van der Waals surface area (Å²) in [7, 11) is 4.21. The molecule has 0 saturated carbocycles. The van der Waals surface area contributed by atoms with E-state index in [9.17, 15) is 4.39 Å². The highest BCUT2D eigenvalue weighted by molar-refractivity contribution is 8.94. The molecule has 1 aliphatic rings. The van der Waals surface area contributed by atoms with E-state index in [1.807, 2.05) is 13.0 Å². The van der Waals surface area contributed by atoms with Crippen molar-refractivity contribution in [3.8, 4) is 11.1 Å². The van der Waals surface area contributed by atoms with Gasteiger partial charge in [-0.3, -0.25) is 10.5 Å². The summed E-state index contributed by atoms with van der Waals surface area (Å²) in [5.74, 6) is -0.340. The molecule has 4 atom stereocenters. The minimum Gasteiger partial charge on any atom is -0.398 e. The Kier molecular flexibility index (Phi) is 10.5. The largest absolute Gasteiger partial charge is 0.398 e. The van der Waals surface area contributed by atoms with Crippen LogP contribution in [0.4, 0.5) is 14.5 Å². The van der Waals surface area contributed by atoms with Crippen LogP contribution < -0.4 is 32.1 Å². The van der Waals surface area contributed by atoms with Gasteiger partial charge in [-0.25, -0.2) is 8.78 Å². The van der Waals surface area contributed by atoms with E-state index in [1.165, 1.54) is 16.9 Å². The first-order valence-electron chi connectivity index (χ1n) is 12.3. The third-order valence-corrected chi connectivity index (χ3v) is 11.6. The Morgan fingerprint density at radius 2 is 2.00 bits per heavy atom. The van der Waals surface area contributed by atoms with Gasteiger partial charge in [-0.05, 0) is 54.4 Å². The lowest BCUT2D eigenvalue weighted by Gasteiger charge is -2.33. The second kappa shape index (κ2) is 13.0. The lowest BCUT2D eigenvalue weighted by atomic mass is 9.98. The van der Waals surface area contributed by atoms with Crippen LogP contribution in [0.5, 0.6) is 0 Å². The first-order chi connectivity index (χ1) is 18.3. The minimum absolute atomic E-state index is 0.135. The number of nitrogens with two attached hydrogens (primary N) is 2. The molecule has 0 aromatic heterocycles. The monoisotopic (exact) mass is 607 g/mol. The molecule has 2 aromatic carbocycles. The Morgan fingerprint density at radius 3 is 2.67 bits per heavy atom. The zero-order chi connectivity index (χ0) is 29.1. The maximum Gasteiger partial charge on any atom is 0.145 e. The fourth-order valence-corrected chi connectivity index (χ4v) is 8.61. The summed E-state index contributed by atoms with van der Waals surface area (Å²) in [4.78, 5) is 1.01. The molecule has 5 nitrogen and oxygen atoms in total. The van der Waals surface area contributed by atoms with Gasteiger partial charge < -0.3 is 16.4 Å². The molecule has 0 saturated heterocycles. The Bertz CT molecular complexity index is 1400. The van der Waals surface area contributed by atoms with Crippen molar-refractivity contribution in [2.24, 2.45) is 11.1 Å². The molecule has 0 amide bonds. The average Bonchev–Trinajstić information content (AvgIpc) is 2.88. The molecule has 0 radical (unpaired) electrons. The Labute approximate surface area is 240 Å². The van der Waals surface area contributed by atoms with Crippen LogP contribution in [0, 0.1) is 17.1 Å². The van der Waals surface area contributed by atoms with Crippen molar-refractivity contribution < 1.29 is 8.78 Å². The van der Waals surface area contributed by atoms with Gasteiger partial charge in [-0.15, -0.1) is 27.7 Å². The van der Waals surface area contributed by atoms with Crippen molar-refractivity contribution in [1.82, 2.24) is 10.6 Å². The number of nitrogen functional groups attached to an aromatic ring is 1. The molecule has 0 bridgehead atoms. The molecule has 39 heavy (non-hydrogen) atoms. The van der Waals surface area contributed by atoms with Gasteiger partial charge in [0.25, 0.3) is 0 Å². The molecular formula is C28H37F2N5P2S2. The van der Waals surface area contributed by atoms with Crippen LogP contribution in [0.1, 0.15) is 32.8 Å². The fourth-order valence-electron chi connectivity index (χ4n) is 3.81. The first-order valence-corrected chi connectivity index (χ1v) is 16.9. The second-order valence-electron chi connectivity index (χ2n) is 9.53. The van der Waals surface area contributed by atoms with Crippen molar-refractivity contribution in [3.05, 3.63) is 82.7 Å². The molecule has 3 rings (SSSR count). The third-order valence-electron chi connectivity index (χ3n) is 6.42. The zero-order valence-corrected chi connectivity index (χ0v) is 26.6. The van der Waals surface area contributed by atoms with Gasteiger partial charge >= 0.3 is 0 Å². The fraction of sp³-hybridized carbons (Fsp3) is 0.250. The summed E-state index contributed by atoms with van der Waals surface area (Å²) >= 11 is 0. The summed E-state index contributed by atoms with van der Waals surface area (Å²) < 4.78 is 30.1. The Morgan fingerprint density at radius 1 is 1.31 bits per heavy atom. The van der Waals surface area contributed by atoms with Crippen molar-refractivity contribution in [2.45, 2.75) is 32.1 Å². The highest BCUT2D eigenvalue weighted by atomic mass is 33.2. The van der Waals surface area contributed by atoms with Crippen LogP contribution >= 0.6 is 38.5 Å². The van der Waals surface area contributed by atoms with Crippen LogP contribution in [-0.4, -0.2) is 18.5 Å². The number of nitrogens with one attached hydrogen (secondary N) is 3. The third kappa shape index (κ3) is 7.33. The summed E-state index contributed by atoms with van der Waals surface area (Å²) in [5.41, 5.74) is 9.59. The van der Waals surface area contributed by atoms with Crippen molar-refractivity contribution in [1.29, 1.82) is 5.41 Å². The molecular weight excluding hydrogens is 570 g/mol. The number of halogens is 2. The van der Waals surface area contributed by atoms with Gasteiger partial charge in [0.15, 0.2) is 0 Å². The highest BCUT2D eigenvalue weighted by Gasteiger charge is 2.27. The van der Waals surface area contributed by atoms with Gasteiger partial charge in [0.2, 0.25) is 0 Å². The van der Waals surface area contributed by atoms with Gasteiger partial charge in [0, 0.05) is 37.6 Å². The zero-order valence-electron chi connectivity index (χ0n) is 22.6. The van der Waals surface area contributed by atoms with Crippen LogP contribution in [0.3, 0.4) is 0 Å². The quantitative estimate of drug-likeness (QED) is 0.0972. The molecule has 7 N–H and O–H groups in total. The van der Waals surface area contributed by atoms with Gasteiger partial charge in [-0.1, -0.05) is 55.8 Å². The second-order valence-corrected chi connectivity index (χ2v) is 16.2. The van der Waals surface area contributed by atoms with Crippen molar-refractivity contribution in [2.75, 3.05) is 18.5 Å². The first kappa shape index (κ1) is 31.4. The van der Waals surface area contributed by atoms with E-state index in [-0.39, 0.29) is 18.1 Å². The normalized spacial score (nSPS) is 16.8. The average molecular weight is 608 g/mol. The van der Waals surface area contributed by atoms with E-state index >= 15 is 4.39 Å². The summed E-state index contributed by atoms with van der Waals surface area (Å²) in [6.07, 6.45) is 8.06. The predicted octanol–water partition coefficient (Wildman–Crippen LogP) is 6.11. The number of hydrogen-bond acceptors (Lipinski definition) is 6. The van der Waals surface area contributed by atoms with Gasteiger partial charge in [-0.2, -0.15) is 0 Å². The Hall–Kier alpha value is -2.15. The number of rotatable bonds is 10. The number of allylic oxidation sites excluding steroid dienone is 4. The lowest BCUT2D eigenvalue weighted by Crippen LogP contribution is -2.20. The standard InChI is InChI=1S/C28H37F2N5P2S2/c1-6-15(2)9-10-34-17(4)26(31)21-8-7-20(28(37)27(21)32)22-12-19(36)13-24(25(22)30)39(5,33)38-23-11-18(29)14-35-16(23)3/h7-13,15,31,34-35H,4,6,14,32-33,36-37H2,1-3,5H3/b10-9-,31-26?/t15-/m0/s1. The van der Waals surface area contributed by atoms with Crippen molar-refractivity contribution >= 4 is 60.5 Å². The van der Waals surface area contributed by atoms with E-state index in [0.717, 1.165) is 17.4 Å². The molecule has 0 aliphatic carbocycles. The molecule has 1 heterocycles. The minimum atomic E-state index is -2.25. The lowest BCUT2D eigenvalue weighted by molar-refractivity contribution is 0.585. The van der Waals surface area contributed by atoms with Crippen LogP contribution in [-0.2, 0) is 0 Å². The van der Waals surface area contributed by atoms with Gasteiger partial charge in [0.05, 0.1) is 18.0 Å². The number of benzene rings is 2. The number of dihydropyridines is 1. The maximum atomic E-state index is 16.2. The summed E-state index contributed by atoms with van der Waals surface area (Å²) in [6.45, 7) is 10.2. The van der Waals surface area contributed by atoms with Crippen LogP contribution in [0.25, 0.3) is 11.1 Å². The van der Waals surface area contributed by atoms with E-state index in [2.05, 4.69) is 49.5 Å². The smallest absolute Gasteiger partial charge is 0.145 e. The van der Waals surface area contributed by atoms with Crippen LogP contribution in [0.15, 0.2) is 76.2 Å². The molecule has 1 aliphatic heterocycles. The summed E-state index contributed by atoms with van der Waals surface area (Å²) in [5, 5.41) is 22.7. The Balaban J connectivity index is 1.97. The summed E-state index contributed by atoms with van der Waals surface area (Å²) in [6, 6.07) is 6.91. The van der Waals surface area contributed by atoms with Crippen LogP contribution in [0.2, 0.25) is 0 Å². The SMILES string of the molecule is C=C(N/C=C\[C@@H](C)CC)C(=N)c1ccc(-c2cc(P)cc(S(C)(N)SC3=C(C)NCC(F)=C3)c2F)c(P)c1N. The molecule has 2 aromatic rings. The highest BCUT2D eigenvalue weighted by Crippen LogP contribution is 2.62. The number of hydrogen-bond donors (Lipinski definition) is 5. The predicted molar refractivity (Wildman–Crippen MR) is 176 cm³/mol. The van der Waals surface area contributed by atoms with E-state index in [1.54, 1.807) is 36.7 Å². The molecule has 11 heteroatoms. The molecule has 3 unspecified atom stereocenters. The topological polar surface area (TPSA) is 100.0 Å². The van der Waals surface area contributed by atoms with E-state index in [4.69, 9.17) is 16.3 Å². The molecule has 210 valence electrons. The van der Waals surface area contributed by atoms with E-state index in [0.29, 0.717) is 49.1 Å². The maximum absolute atomic E-state index is 16.2. The number of anilines is 1.